The molecule has 2 aromatic heterocycles. The van der Waals surface area contributed by atoms with Crippen LogP contribution in [0.4, 0.5) is 5.13 Å². The van der Waals surface area contributed by atoms with Crippen molar-refractivity contribution in [3.63, 3.8) is 0 Å². The summed E-state index contributed by atoms with van der Waals surface area (Å²) in [5, 5.41) is 1.30. The van der Waals surface area contributed by atoms with E-state index in [0.717, 1.165) is 22.2 Å². The molecule has 28 heavy (non-hydrogen) atoms. The summed E-state index contributed by atoms with van der Waals surface area (Å²) in [5.41, 5.74) is 3.07. The quantitative estimate of drug-likeness (QED) is 0.398. The van der Waals surface area contributed by atoms with E-state index in [0.29, 0.717) is 28.9 Å². The highest BCUT2D eigenvalue weighted by atomic mass is 35.5. The van der Waals surface area contributed by atoms with Crippen LogP contribution in [-0.4, -0.2) is 10.9 Å². The van der Waals surface area contributed by atoms with E-state index in [1.807, 2.05) is 36.4 Å². The molecule has 0 fully saturated rings. The number of nitrogens with zero attached hydrogens (tertiary/aromatic N) is 2. The van der Waals surface area contributed by atoms with E-state index in [1.165, 1.54) is 16.9 Å². The molecule has 1 amide bonds. The van der Waals surface area contributed by atoms with Crippen molar-refractivity contribution in [3.8, 4) is 0 Å². The van der Waals surface area contributed by atoms with Gasteiger partial charge >= 0.3 is 0 Å². The van der Waals surface area contributed by atoms with E-state index in [2.05, 4.69) is 24.0 Å². The molecular formula is C22H19ClN2O2S. The topological polar surface area (TPSA) is 46.3 Å². The number of carbonyl (C=O) groups excluding carboxylic acids is 1. The van der Waals surface area contributed by atoms with Crippen molar-refractivity contribution < 1.29 is 9.21 Å². The fourth-order valence-corrected chi connectivity index (χ4v) is 4.24. The van der Waals surface area contributed by atoms with Gasteiger partial charge in [-0.1, -0.05) is 54.1 Å². The number of anilines is 1. The third kappa shape index (κ3) is 4.11. The molecule has 0 aliphatic rings. The van der Waals surface area contributed by atoms with Gasteiger partial charge in [-0.15, -0.1) is 0 Å². The molecule has 0 bridgehead atoms. The Hall–Kier alpha value is -2.63. The first kappa shape index (κ1) is 18.7. The van der Waals surface area contributed by atoms with Crippen molar-refractivity contribution in [2.75, 3.05) is 4.90 Å². The number of aromatic nitrogens is 1. The van der Waals surface area contributed by atoms with Gasteiger partial charge in [-0.3, -0.25) is 9.69 Å². The van der Waals surface area contributed by atoms with Gasteiger partial charge in [-0.05, 0) is 47.9 Å². The second-order valence-corrected chi connectivity index (χ2v) is 7.96. The smallest absolute Gasteiger partial charge is 0.233 e. The summed E-state index contributed by atoms with van der Waals surface area (Å²) in [7, 11) is 0. The summed E-state index contributed by atoms with van der Waals surface area (Å²) >= 11 is 7.55. The molecule has 2 aromatic carbocycles. The number of carbonyl (C=O) groups is 1. The molecule has 4 nitrogen and oxygen atoms in total. The SMILES string of the molecule is CCc1ccc(CC(=O)N(Cc2ccco2)c2nc3ccc(Cl)cc3s2)cc1. The van der Waals surface area contributed by atoms with Crippen LogP contribution in [0.3, 0.4) is 0 Å². The zero-order valence-corrected chi connectivity index (χ0v) is 17.0. The van der Waals surface area contributed by atoms with Crippen LogP contribution in [0.5, 0.6) is 0 Å². The lowest BCUT2D eigenvalue weighted by molar-refractivity contribution is -0.118. The first-order chi connectivity index (χ1) is 13.6. The molecule has 4 rings (SSSR count). The molecule has 0 atom stereocenters. The summed E-state index contributed by atoms with van der Waals surface area (Å²) < 4.78 is 6.42. The van der Waals surface area contributed by atoms with E-state index < -0.39 is 0 Å². The minimum atomic E-state index is -0.0224. The predicted octanol–water partition coefficient (Wildman–Crippen LogP) is 5.88. The van der Waals surface area contributed by atoms with Gasteiger partial charge in [0, 0.05) is 5.02 Å². The number of hydrogen-bond acceptors (Lipinski definition) is 4. The Labute approximate surface area is 172 Å². The van der Waals surface area contributed by atoms with Gasteiger partial charge in [0.2, 0.25) is 5.91 Å². The van der Waals surface area contributed by atoms with Crippen molar-refractivity contribution in [2.24, 2.45) is 0 Å². The standard InChI is InChI=1S/C22H19ClN2O2S/c1-2-15-5-7-16(8-6-15)12-21(26)25(14-18-4-3-11-27-18)22-24-19-10-9-17(23)13-20(19)28-22/h3-11,13H,2,12,14H2,1H3. The van der Waals surface area contributed by atoms with Crippen LogP contribution in [-0.2, 0) is 24.2 Å². The van der Waals surface area contributed by atoms with Gasteiger partial charge in [0.25, 0.3) is 0 Å². The molecule has 0 spiro atoms. The molecule has 0 saturated carbocycles. The fraction of sp³-hybridized carbons (Fsp3) is 0.182. The maximum Gasteiger partial charge on any atom is 0.233 e. The minimum Gasteiger partial charge on any atom is -0.467 e. The molecule has 0 radical (unpaired) electrons. The number of thiazole rings is 1. The summed E-state index contributed by atoms with van der Waals surface area (Å²) in [6.07, 6.45) is 2.90. The third-order valence-corrected chi connectivity index (χ3v) is 5.83. The number of rotatable bonds is 6. The molecule has 0 aliphatic heterocycles. The zero-order valence-electron chi connectivity index (χ0n) is 15.4. The van der Waals surface area contributed by atoms with Crippen molar-refractivity contribution in [2.45, 2.75) is 26.3 Å². The minimum absolute atomic E-state index is 0.0224. The zero-order chi connectivity index (χ0) is 19.5. The molecule has 4 aromatic rings. The van der Waals surface area contributed by atoms with Crippen molar-refractivity contribution in [3.05, 3.63) is 82.8 Å². The number of benzene rings is 2. The lowest BCUT2D eigenvalue weighted by Gasteiger charge is -2.19. The van der Waals surface area contributed by atoms with E-state index in [4.69, 9.17) is 16.0 Å². The Kier molecular flexibility index (Phi) is 5.46. The largest absolute Gasteiger partial charge is 0.467 e. The second kappa shape index (κ2) is 8.17. The number of aryl methyl sites for hydroxylation is 1. The summed E-state index contributed by atoms with van der Waals surface area (Å²) in [4.78, 5) is 19.5. The van der Waals surface area contributed by atoms with Crippen LogP contribution >= 0.6 is 22.9 Å². The highest BCUT2D eigenvalue weighted by Crippen LogP contribution is 2.32. The van der Waals surface area contributed by atoms with E-state index >= 15 is 0 Å². The maximum atomic E-state index is 13.2. The van der Waals surface area contributed by atoms with Gasteiger partial charge in [0.15, 0.2) is 5.13 Å². The fourth-order valence-electron chi connectivity index (χ4n) is 2.99. The third-order valence-electron chi connectivity index (χ3n) is 4.55. The van der Waals surface area contributed by atoms with Crippen molar-refractivity contribution >= 4 is 44.2 Å². The van der Waals surface area contributed by atoms with E-state index in [-0.39, 0.29) is 5.91 Å². The molecule has 0 N–H and O–H groups in total. The predicted molar refractivity (Wildman–Crippen MR) is 114 cm³/mol. The molecule has 2 heterocycles. The van der Waals surface area contributed by atoms with E-state index in [9.17, 15) is 4.79 Å². The first-order valence-corrected chi connectivity index (χ1v) is 10.3. The molecule has 6 heteroatoms. The van der Waals surface area contributed by atoms with Crippen LogP contribution in [0.2, 0.25) is 5.02 Å². The summed E-state index contributed by atoms with van der Waals surface area (Å²) in [5.74, 6) is 0.692. The average molecular weight is 411 g/mol. The number of hydrogen-bond donors (Lipinski definition) is 0. The van der Waals surface area contributed by atoms with Gasteiger partial charge in [0.05, 0.1) is 29.4 Å². The monoisotopic (exact) mass is 410 g/mol. The van der Waals surface area contributed by atoms with Gasteiger partial charge in [-0.25, -0.2) is 4.98 Å². The molecular weight excluding hydrogens is 392 g/mol. The average Bonchev–Trinajstić information content (AvgIpc) is 3.35. The van der Waals surface area contributed by atoms with Gasteiger partial charge in [0.1, 0.15) is 5.76 Å². The highest BCUT2D eigenvalue weighted by Gasteiger charge is 2.21. The Morgan fingerprint density at radius 3 is 2.64 bits per heavy atom. The maximum absolute atomic E-state index is 13.2. The normalized spacial score (nSPS) is 11.1. The Balaban J connectivity index is 1.64. The van der Waals surface area contributed by atoms with Crippen LogP contribution in [0, 0.1) is 0 Å². The Morgan fingerprint density at radius 2 is 1.93 bits per heavy atom. The molecule has 0 aliphatic carbocycles. The first-order valence-electron chi connectivity index (χ1n) is 9.09. The number of halogens is 1. The van der Waals surface area contributed by atoms with Gasteiger partial charge < -0.3 is 4.42 Å². The van der Waals surface area contributed by atoms with E-state index in [1.54, 1.807) is 17.2 Å². The van der Waals surface area contributed by atoms with Gasteiger partial charge in [-0.2, -0.15) is 0 Å². The molecule has 142 valence electrons. The Bertz CT molecular complexity index is 1090. The van der Waals surface area contributed by atoms with Crippen LogP contribution in [0.1, 0.15) is 23.8 Å². The summed E-state index contributed by atoms with van der Waals surface area (Å²) in [6, 6.07) is 17.4. The van der Waals surface area contributed by atoms with Crippen molar-refractivity contribution in [1.82, 2.24) is 4.98 Å². The lowest BCUT2D eigenvalue weighted by atomic mass is 10.1. The highest BCUT2D eigenvalue weighted by molar-refractivity contribution is 7.22. The second-order valence-electron chi connectivity index (χ2n) is 6.51. The lowest BCUT2D eigenvalue weighted by Crippen LogP contribution is -2.31. The van der Waals surface area contributed by atoms with Crippen LogP contribution < -0.4 is 4.90 Å². The van der Waals surface area contributed by atoms with Crippen LogP contribution in [0.15, 0.2) is 65.3 Å². The number of fused-ring (bicyclic) bond motifs is 1. The van der Waals surface area contributed by atoms with Crippen molar-refractivity contribution in [1.29, 1.82) is 0 Å². The Morgan fingerprint density at radius 1 is 1.14 bits per heavy atom. The van der Waals surface area contributed by atoms with Crippen LogP contribution in [0.25, 0.3) is 10.2 Å². The molecule has 0 unspecified atom stereocenters. The number of amides is 1. The molecule has 0 saturated heterocycles. The summed E-state index contributed by atoms with van der Waals surface area (Å²) in [6.45, 7) is 2.46. The number of furan rings is 1.